The Labute approximate surface area is 112 Å². The van der Waals surface area contributed by atoms with Crippen molar-refractivity contribution in [3.63, 3.8) is 0 Å². The molecule has 98 valence electrons. The molecule has 0 bridgehead atoms. The van der Waals surface area contributed by atoms with E-state index in [9.17, 15) is 14.5 Å². The quantitative estimate of drug-likeness (QED) is 0.684. The molecule has 1 N–H and O–H groups in total. The number of nitrogens with zero attached hydrogens (tertiary/aromatic N) is 2. The number of nitro groups is 1. The highest BCUT2D eigenvalue weighted by Crippen LogP contribution is 2.34. The van der Waals surface area contributed by atoms with E-state index >= 15 is 0 Å². The summed E-state index contributed by atoms with van der Waals surface area (Å²) in [5, 5.41) is 14.2. The van der Waals surface area contributed by atoms with E-state index in [1.807, 2.05) is 11.8 Å². The van der Waals surface area contributed by atoms with Gasteiger partial charge in [0.25, 0.3) is 5.69 Å². The van der Waals surface area contributed by atoms with Gasteiger partial charge in [0.15, 0.2) is 0 Å². The van der Waals surface area contributed by atoms with E-state index in [2.05, 4.69) is 21.2 Å². The van der Waals surface area contributed by atoms with Crippen LogP contribution >= 0.6 is 15.9 Å². The lowest BCUT2D eigenvalue weighted by Gasteiger charge is -2.38. The molecule has 1 aromatic carbocycles. The lowest BCUT2D eigenvalue weighted by Crippen LogP contribution is -2.57. The molecular weight excluding hydrogens is 305 g/mol. The third-order valence-corrected chi connectivity index (χ3v) is 3.67. The fourth-order valence-electron chi connectivity index (χ4n) is 2.02. The van der Waals surface area contributed by atoms with Gasteiger partial charge in [-0.1, -0.05) is 0 Å². The standard InChI is InChI=1S/C11H13BrFN3O2/c1-2-15(7-5-14-6-7)10-4-9(13)8(12)3-11(10)16(17)18/h3-4,7,14H,2,5-6H2,1H3. The van der Waals surface area contributed by atoms with Crippen LogP contribution in [-0.2, 0) is 0 Å². The Morgan fingerprint density at radius 2 is 2.28 bits per heavy atom. The summed E-state index contributed by atoms with van der Waals surface area (Å²) < 4.78 is 13.7. The molecule has 0 amide bonds. The fraction of sp³-hybridized carbons (Fsp3) is 0.455. The van der Waals surface area contributed by atoms with Crippen LogP contribution in [0.4, 0.5) is 15.8 Å². The van der Waals surface area contributed by atoms with E-state index in [4.69, 9.17) is 0 Å². The Hall–Kier alpha value is -1.21. The molecule has 1 fully saturated rings. The predicted molar refractivity (Wildman–Crippen MR) is 70.4 cm³/mol. The maximum absolute atomic E-state index is 13.6. The van der Waals surface area contributed by atoms with Crippen LogP contribution in [0.15, 0.2) is 16.6 Å². The molecule has 0 aliphatic carbocycles. The molecular formula is C11H13BrFN3O2. The second kappa shape index (κ2) is 5.19. The zero-order chi connectivity index (χ0) is 13.3. The minimum absolute atomic E-state index is 0.0722. The summed E-state index contributed by atoms with van der Waals surface area (Å²) in [7, 11) is 0. The number of nitro benzene ring substituents is 1. The zero-order valence-electron chi connectivity index (χ0n) is 9.82. The Balaban J connectivity index is 2.46. The first kappa shape index (κ1) is 13.2. The monoisotopic (exact) mass is 317 g/mol. The average Bonchev–Trinajstić information content (AvgIpc) is 2.26. The molecule has 5 nitrogen and oxygen atoms in total. The molecule has 18 heavy (non-hydrogen) atoms. The molecule has 0 unspecified atom stereocenters. The summed E-state index contributed by atoms with van der Waals surface area (Å²) >= 11 is 2.98. The molecule has 0 aromatic heterocycles. The number of benzene rings is 1. The molecule has 0 saturated carbocycles. The second-order valence-electron chi connectivity index (χ2n) is 4.11. The van der Waals surface area contributed by atoms with Crippen molar-refractivity contribution in [1.29, 1.82) is 0 Å². The van der Waals surface area contributed by atoms with Crippen LogP contribution in [0.1, 0.15) is 6.92 Å². The molecule has 1 saturated heterocycles. The summed E-state index contributed by atoms with van der Waals surface area (Å²) in [4.78, 5) is 12.4. The average molecular weight is 318 g/mol. The summed E-state index contributed by atoms with van der Waals surface area (Å²) in [6.45, 7) is 4.04. The van der Waals surface area contributed by atoms with Gasteiger partial charge < -0.3 is 10.2 Å². The highest BCUT2D eigenvalue weighted by atomic mass is 79.9. The van der Waals surface area contributed by atoms with E-state index in [1.165, 1.54) is 12.1 Å². The molecule has 1 aromatic rings. The minimum atomic E-state index is -0.485. The van der Waals surface area contributed by atoms with Gasteiger partial charge >= 0.3 is 0 Å². The van der Waals surface area contributed by atoms with Gasteiger partial charge in [-0.25, -0.2) is 4.39 Å². The summed E-state index contributed by atoms with van der Waals surface area (Å²) in [6, 6.07) is 2.64. The van der Waals surface area contributed by atoms with E-state index in [0.29, 0.717) is 12.2 Å². The highest BCUT2D eigenvalue weighted by Gasteiger charge is 2.29. The first-order valence-corrected chi connectivity index (χ1v) is 6.44. The van der Waals surface area contributed by atoms with Crippen molar-refractivity contribution < 1.29 is 9.31 Å². The van der Waals surface area contributed by atoms with Gasteiger partial charge in [-0.2, -0.15) is 0 Å². The maximum atomic E-state index is 13.6. The number of likely N-dealkylation sites (N-methyl/N-ethyl adjacent to an activating group) is 1. The Morgan fingerprint density at radius 1 is 1.61 bits per heavy atom. The number of nitrogens with one attached hydrogen (secondary N) is 1. The van der Waals surface area contributed by atoms with Crippen LogP contribution in [0.5, 0.6) is 0 Å². The molecule has 1 heterocycles. The summed E-state index contributed by atoms with van der Waals surface area (Å²) in [5.74, 6) is -0.485. The van der Waals surface area contributed by atoms with Crippen LogP contribution in [0, 0.1) is 15.9 Å². The molecule has 0 atom stereocenters. The van der Waals surface area contributed by atoms with E-state index in [1.54, 1.807) is 0 Å². The van der Waals surface area contributed by atoms with E-state index < -0.39 is 10.7 Å². The van der Waals surface area contributed by atoms with Crippen molar-refractivity contribution >= 4 is 27.3 Å². The topological polar surface area (TPSA) is 58.4 Å². The van der Waals surface area contributed by atoms with Crippen molar-refractivity contribution in [3.05, 3.63) is 32.5 Å². The van der Waals surface area contributed by atoms with Gasteiger partial charge in [0.1, 0.15) is 11.5 Å². The van der Waals surface area contributed by atoms with Crippen LogP contribution in [-0.4, -0.2) is 30.6 Å². The van der Waals surface area contributed by atoms with Crippen LogP contribution in [0.25, 0.3) is 0 Å². The lowest BCUT2D eigenvalue weighted by molar-refractivity contribution is -0.384. The first-order valence-electron chi connectivity index (χ1n) is 5.65. The van der Waals surface area contributed by atoms with Crippen LogP contribution in [0.2, 0.25) is 0 Å². The predicted octanol–water partition coefficient (Wildman–Crippen LogP) is 2.29. The third-order valence-electron chi connectivity index (χ3n) is 3.06. The van der Waals surface area contributed by atoms with Crippen LogP contribution in [0.3, 0.4) is 0 Å². The van der Waals surface area contributed by atoms with Gasteiger partial charge in [0, 0.05) is 31.8 Å². The Kier molecular flexibility index (Phi) is 3.82. The maximum Gasteiger partial charge on any atom is 0.293 e. The third kappa shape index (κ3) is 2.32. The van der Waals surface area contributed by atoms with Gasteiger partial charge in [-0.15, -0.1) is 0 Å². The SMILES string of the molecule is CCN(c1cc(F)c(Br)cc1[N+](=O)[O-])C1CNC1. The number of rotatable bonds is 4. The van der Waals surface area contributed by atoms with Gasteiger partial charge in [-0.05, 0) is 22.9 Å². The van der Waals surface area contributed by atoms with Gasteiger partial charge in [0.05, 0.1) is 15.4 Å². The minimum Gasteiger partial charge on any atom is -0.361 e. The van der Waals surface area contributed by atoms with Crippen molar-refractivity contribution in [2.45, 2.75) is 13.0 Å². The second-order valence-corrected chi connectivity index (χ2v) is 4.96. The fourth-order valence-corrected chi connectivity index (χ4v) is 2.35. The van der Waals surface area contributed by atoms with E-state index in [-0.39, 0.29) is 16.2 Å². The van der Waals surface area contributed by atoms with Gasteiger partial charge in [-0.3, -0.25) is 10.1 Å². The zero-order valence-corrected chi connectivity index (χ0v) is 11.4. The van der Waals surface area contributed by atoms with Gasteiger partial charge in [0.2, 0.25) is 0 Å². The van der Waals surface area contributed by atoms with Crippen molar-refractivity contribution in [2.24, 2.45) is 0 Å². The molecule has 0 spiro atoms. The van der Waals surface area contributed by atoms with Crippen molar-refractivity contribution in [2.75, 3.05) is 24.5 Å². The molecule has 7 heteroatoms. The molecule has 1 aliphatic rings. The number of hydrogen-bond acceptors (Lipinski definition) is 4. The highest BCUT2D eigenvalue weighted by molar-refractivity contribution is 9.10. The number of anilines is 1. The number of halogens is 2. The number of hydrogen-bond donors (Lipinski definition) is 1. The van der Waals surface area contributed by atoms with Crippen LogP contribution < -0.4 is 10.2 Å². The molecule has 2 rings (SSSR count). The Morgan fingerprint density at radius 3 is 2.72 bits per heavy atom. The first-order chi connectivity index (χ1) is 8.54. The largest absolute Gasteiger partial charge is 0.361 e. The Bertz CT molecular complexity index is 480. The van der Waals surface area contributed by atoms with E-state index in [0.717, 1.165) is 13.1 Å². The smallest absolute Gasteiger partial charge is 0.293 e. The summed E-state index contributed by atoms with van der Waals surface area (Å²) in [6.07, 6.45) is 0. The normalized spacial score (nSPS) is 15.3. The molecule has 1 aliphatic heterocycles. The van der Waals surface area contributed by atoms with Crippen molar-refractivity contribution in [3.8, 4) is 0 Å². The lowest BCUT2D eigenvalue weighted by atomic mass is 10.1. The van der Waals surface area contributed by atoms with Crippen molar-refractivity contribution in [1.82, 2.24) is 5.32 Å². The summed E-state index contributed by atoms with van der Waals surface area (Å²) in [5.41, 5.74) is 0.270. The molecule has 0 radical (unpaired) electrons.